The highest BCUT2D eigenvalue weighted by atomic mass is 16.5. The molecule has 0 heterocycles. The van der Waals surface area contributed by atoms with E-state index < -0.39 is 36.3 Å². The number of aliphatic hydroxyl groups excluding tert-OH is 4. The van der Waals surface area contributed by atoms with Crippen molar-refractivity contribution in [2.24, 2.45) is 0 Å². The first-order valence-corrected chi connectivity index (χ1v) is 7.11. The van der Waals surface area contributed by atoms with Gasteiger partial charge in [0, 0.05) is 6.54 Å². The molecule has 0 fully saturated rings. The molecule has 24 heavy (non-hydrogen) atoms. The Balaban J connectivity index is 2.59. The van der Waals surface area contributed by atoms with E-state index in [1.54, 1.807) is 30.3 Å². The summed E-state index contributed by atoms with van der Waals surface area (Å²) in [6.45, 7) is 3.70. The summed E-state index contributed by atoms with van der Waals surface area (Å²) in [5, 5.41) is 40.8. The third-order valence-electron chi connectivity index (χ3n) is 3.39. The second-order valence-electron chi connectivity index (χ2n) is 5.06. The topological polar surface area (TPSA) is 136 Å². The van der Waals surface area contributed by atoms with E-state index in [1.807, 2.05) is 0 Å². The highest BCUT2D eigenvalue weighted by Crippen LogP contribution is 2.08. The van der Waals surface area contributed by atoms with Crippen molar-refractivity contribution in [2.45, 2.75) is 31.0 Å². The summed E-state index contributed by atoms with van der Waals surface area (Å²) in [6, 6.07) is 7.07. The second kappa shape index (κ2) is 9.14. The number of amides is 1. The van der Waals surface area contributed by atoms with E-state index in [4.69, 9.17) is 0 Å². The minimum Gasteiger partial charge on any atom is -0.467 e. The molecule has 1 aromatic rings. The molecule has 0 unspecified atom stereocenters. The van der Waals surface area contributed by atoms with Crippen molar-refractivity contribution in [3.63, 3.8) is 0 Å². The Bertz CT molecular complexity index is 572. The van der Waals surface area contributed by atoms with Gasteiger partial charge in [-0.3, -0.25) is 4.79 Å². The van der Waals surface area contributed by atoms with Gasteiger partial charge in [0.2, 0.25) is 0 Å². The Kier molecular flexibility index (Phi) is 7.53. The van der Waals surface area contributed by atoms with Gasteiger partial charge in [0.25, 0.3) is 5.91 Å². The SMILES string of the molecule is C=Cc1ccc(CNC(=O)[C@@H](O)[C@@H](O)[C@H](O)[C@H](O)C(=O)OC)cc1. The molecule has 5 N–H and O–H groups in total. The monoisotopic (exact) mass is 339 g/mol. The standard InChI is InChI=1S/C16H21NO7/c1-3-9-4-6-10(7-5-9)8-17-15(22)13(20)11(18)12(19)14(21)16(23)24-2/h3-7,11-14,18-21H,1,8H2,2H3,(H,17,22)/t11-,12-,13-,14-/m0/s1. The van der Waals surface area contributed by atoms with Crippen LogP contribution in [-0.2, 0) is 20.9 Å². The van der Waals surface area contributed by atoms with Crippen LogP contribution in [0.3, 0.4) is 0 Å². The maximum absolute atomic E-state index is 11.8. The molecule has 1 aromatic carbocycles. The zero-order valence-corrected chi connectivity index (χ0v) is 13.1. The van der Waals surface area contributed by atoms with Crippen molar-refractivity contribution in [1.82, 2.24) is 5.32 Å². The van der Waals surface area contributed by atoms with Crippen LogP contribution in [0.5, 0.6) is 0 Å². The zero-order chi connectivity index (χ0) is 18.3. The maximum Gasteiger partial charge on any atom is 0.337 e. The molecule has 0 aliphatic heterocycles. The number of carbonyl (C=O) groups excluding carboxylic acids is 2. The molecule has 1 rings (SSSR count). The van der Waals surface area contributed by atoms with Crippen LogP contribution >= 0.6 is 0 Å². The van der Waals surface area contributed by atoms with Gasteiger partial charge in [-0.05, 0) is 11.1 Å². The Hall–Kier alpha value is -2.26. The lowest BCUT2D eigenvalue weighted by Crippen LogP contribution is -2.52. The Labute approximate surface area is 139 Å². The second-order valence-corrected chi connectivity index (χ2v) is 5.06. The van der Waals surface area contributed by atoms with Gasteiger partial charge >= 0.3 is 5.97 Å². The van der Waals surface area contributed by atoms with Gasteiger partial charge in [0.05, 0.1) is 7.11 Å². The van der Waals surface area contributed by atoms with Crippen LogP contribution in [0.4, 0.5) is 0 Å². The minimum absolute atomic E-state index is 0.0791. The number of ether oxygens (including phenoxy) is 1. The normalized spacial score (nSPS) is 15.7. The summed E-state index contributed by atoms with van der Waals surface area (Å²) in [6.07, 6.45) is -6.60. The summed E-state index contributed by atoms with van der Waals surface area (Å²) >= 11 is 0. The molecular weight excluding hydrogens is 318 g/mol. The molecule has 0 saturated heterocycles. The van der Waals surface area contributed by atoms with Crippen LogP contribution in [0.1, 0.15) is 11.1 Å². The van der Waals surface area contributed by atoms with Crippen molar-refractivity contribution >= 4 is 18.0 Å². The van der Waals surface area contributed by atoms with Crippen molar-refractivity contribution in [3.8, 4) is 0 Å². The van der Waals surface area contributed by atoms with Gasteiger partial charge < -0.3 is 30.5 Å². The average molecular weight is 339 g/mol. The van der Waals surface area contributed by atoms with Gasteiger partial charge in [-0.1, -0.05) is 36.9 Å². The lowest BCUT2D eigenvalue weighted by atomic mass is 10.0. The van der Waals surface area contributed by atoms with E-state index in [9.17, 15) is 30.0 Å². The molecule has 8 nitrogen and oxygen atoms in total. The number of hydrogen-bond donors (Lipinski definition) is 5. The van der Waals surface area contributed by atoms with Crippen molar-refractivity contribution in [2.75, 3.05) is 7.11 Å². The lowest BCUT2D eigenvalue weighted by molar-refractivity contribution is -0.169. The number of rotatable bonds is 8. The molecule has 0 aliphatic carbocycles. The third-order valence-corrected chi connectivity index (χ3v) is 3.39. The quantitative estimate of drug-likeness (QED) is 0.366. The molecule has 0 saturated carbocycles. The molecule has 0 bridgehead atoms. The van der Waals surface area contributed by atoms with Crippen molar-refractivity contribution < 1.29 is 34.8 Å². The fourth-order valence-electron chi connectivity index (χ4n) is 1.85. The van der Waals surface area contributed by atoms with E-state index in [1.165, 1.54) is 0 Å². The summed E-state index contributed by atoms with van der Waals surface area (Å²) in [5.41, 5.74) is 1.64. The number of esters is 1. The smallest absolute Gasteiger partial charge is 0.337 e. The molecule has 0 radical (unpaired) electrons. The van der Waals surface area contributed by atoms with Gasteiger partial charge in [-0.2, -0.15) is 0 Å². The van der Waals surface area contributed by atoms with Crippen LogP contribution in [0.2, 0.25) is 0 Å². The predicted octanol–water partition coefficient (Wildman–Crippen LogP) is -1.44. The highest BCUT2D eigenvalue weighted by Gasteiger charge is 2.37. The molecule has 8 heteroatoms. The number of aliphatic hydroxyl groups is 4. The summed E-state index contributed by atoms with van der Waals surface area (Å²) < 4.78 is 4.20. The van der Waals surface area contributed by atoms with E-state index in [-0.39, 0.29) is 6.54 Å². The van der Waals surface area contributed by atoms with Crippen molar-refractivity contribution in [1.29, 1.82) is 0 Å². The predicted molar refractivity (Wildman–Crippen MR) is 84.4 cm³/mol. The fraction of sp³-hybridized carbons (Fsp3) is 0.375. The van der Waals surface area contributed by atoms with Crippen LogP contribution in [-0.4, -0.2) is 63.8 Å². The largest absolute Gasteiger partial charge is 0.467 e. The summed E-state index contributed by atoms with van der Waals surface area (Å²) in [5.74, 6) is -2.16. The molecule has 0 spiro atoms. The Morgan fingerprint density at radius 1 is 1.12 bits per heavy atom. The van der Waals surface area contributed by atoms with Crippen LogP contribution < -0.4 is 5.32 Å². The first-order valence-electron chi connectivity index (χ1n) is 7.11. The van der Waals surface area contributed by atoms with E-state index >= 15 is 0 Å². The lowest BCUT2D eigenvalue weighted by Gasteiger charge is -2.24. The zero-order valence-electron chi connectivity index (χ0n) is 13.1. The third kappa shape index (κ3) is 5.14. The maximum atomic E-state index is 11.8. The van der Waals surface area contributed by atoms with E-state index in [0.29, 0.717) is 0 Å². The molecule has 0 aliphatic rings. The number of nitrogens with one attached hydrogen (secondary N) is 1. The molecule has 1 amide bonds. The first kappa shape index (κ1) is 19.8. The molecular formula is C16H21NO7. The highest BCUT2D eigenvalue weighted by molar-refractivity contribution is 5.81. The number of methoxy groups -OCH3 is 1. The van der Waals surface area contributed by atoms with E-state index in [0.717, 1.165) is 18.2 Å². The summed E-state index contributed by atoms with van der Waals surface area (Å²) in [7, 11) is 0.978. The van der Waals surface area contributed by atoms with Crippen LogP contribution in [0.25, 0.3) is 6.08 Å². The molecule has 4 atom stereocenters. The van der Waals surface area contributed by atoms with Gasteiger partial charge in [0.1, 0.15) is 12.2 Å². The van der Waals surface area contributed by atoms with E-state index in [2.05, 4.69) is 16.6 Å². The Morgan fingerprint density at radius 2 is 1.67 bits per heavy atom. The average Bonchev–Trinajstić information content (AvgIpc) is 2.63. The van der Waals surface area contributed by atoms with Gasteiger partial charge in [0.15, 0.2) is 12.2 Å². The number of hydrogen-bond acceptors (Lipinski definition) is 7. The Morgan fingerprint density at radius 3 is 2.17 bits per heavy atom. The number of carbonyl (C=O) groups is 2. The van der Waals surface area contributed by atoms with Crippen LogP contribution in [0, 0.1) is 0 Å². The fourth-order valence-corrected chi connectivity index (χ4v) is 1.85. The number of benzene rings is 1. The van der Waals surface area contributed by atoms with Crippen molar-refractivity contribution in [3.05, 3.63) is 42.0 Å². The summed E-state index contributed by atoms with van der Waals surface area (Å²) in [4.78, 5) is 22.9. The minimum atomic E-state index is -2.08. The van der Waals surface area contributed by atoms with Crippen LogP contribution in [0.15, 0.2) is 30.8 Å². The van der Waals surface area contributed by atoms with Gasteiger partial charge in [-0.25, -0.2) is 4.79 Å². The molecule has 0 aromatic heterocycles. The molecule has 132 valence electrons. The first-order chi connectivity index (χ1) is 11.3. The van der Waals surface area contributed by atoms with Gasteiger partial charge in [-0.15, -0.1) is 0 Å².